The van der Waals surface area contributed by atoms with Crippen molar-refractivity contribution in [1.82, 2.24) is 15.0 Å². The monoisotopic (exact) mass is 403 g/mol. The Morgan fingerprint density at radius 1 is 0.710 bits per heavy atom. The number of rotatable bonds is 4. The van der Waals surface area contributed by atoms with E-state index in [2.05, 4.69) is 38.8 Å². The molecule has 0 aliphatic carbocycles. The zero-order chi connectivity index (χ0) is 21.5. The van der Waals surface area contributed by atoms with Gasteiger partial charge in [-0.25, -0.2) is 15.0 Å². The van der Waals surface area contributed by atoms with Crippen molar-refractivity contribution < 1.29 is 9.84 Å². The van der Waals surface area contributed by atoms with Crippen molar-refractivity contribution in [3.05, 3.63) is 78.9 Å². The standard InChI is InChI=1S/C26H17N3O2/c1-2-3-10-17-31-21-15-16-22(23(30)18-21)26-28-24(19-11-6-4-7-12-19)27-25(29-26)20-13-8-5-9-14-20/h4-9,11-16,18,30H,1H3. The summed E-state index contributed by atoms with van der Waals surface area (Å²) in [5.41, 5.74) is 2.18. The summed E-state index contributed by atoms with van der Waals surface area (Å²) in [6.07, 6.45) is 2.47. The van der Waals surface area contributed by atoms with E-state index in [9.17, 15) is 5.11 Å². The lowest BCUT2D eigenvalue weighted by Gasteiger charge is -2.09. The zero-order valence-electron chi connectivity index (χ0n) is 16.7. The fourth-order valence-electron chi connectivity index (χ4n) is 2.87. The van der Waals surface area contributed by atoms with Gasteiger partial charge >= 0.3 is 0 Å². The van der Waals surface area contributed by atoms with Crippen molar-refractivity contribution in [2.24, 2.45) is 0 Å². The molecule has 4 rings (SSSR count). The van der Waals surface area contributed by atoms with Crippen molar-refractivity contribution >= 4 is 0 Å². The normalized spacial score (nSPS) is 9.71. The Balaban J connectivity index is 1.79. The molecule has 5 heteroatoms. The van der Waals surface area contributed by atoms with E-state index < -0.39 is 0 Å². The second-order valence-corrected chi connectivity index (χ2v) is 6.42. The summed E-state index contributed by atoms with van der Waals surface area (Å²) in [4.78, 5) is 13.9. The molecule has 1 heterocycles. The molecule has 5 nitrogen and oxygen atoms in total. The van der Waals surface area contributed by atoms with Crippen molar-refractivity contribution in [3.8, 4) is 69.5 Å². The van der Waals surface area contributed by atoms with Crippen LogP contribution in [-0.4, -0.2) is 20.1 Å². The zero-order valence-corrected chi connectivity index (χ0v) is 16.7. The maximum atomic E-state index is 10.6. The van der Waals surface area contributed by atoms with E-state index in [0.717, 1.165) is 11.1 Å². The Kier molecular flexibility index (Phi) is 5.88. The van der Waals surface area contributed by atoms with E-state index in [1.165, 1.54) is 6.07 Å². The minimum atomic E-state index is -0.0231. The predicted molar refractivity (Wildman–Crippen MR) is 120 cm³/mol. The van der Waals surface area contributed by atoms with Crippen molar-refractivity contribution in [3.63, 3.8) is 0 Å². The van der Waals surface area contributed by atoms with Gasteiger partial charge in [-0.2, -0.15) is 0 Å². The Morgan fingerprint density at radius 2 is 1.29 bits per heavy atom. The number of aromatic hydroxyl groups is 1. The highest BCUT2D eigenvalue weighted by Gasteiger charge is 2.15. The van der Waals surface area contributed by atoms with Gasteiger partial charge in [0.2, 0.25) is 0 Å². The van der Waals surface area contributed by atoms with Crippen LogP contribution in [0.25, 0.3) is 34.2 Å². The van der Waals surface area contributed by atoms with E-state index in [0.29, 0.717) is 28.8 Å². The first kappa shape index (κ1) is 19.7. The smallest absolute Gasteiger partial charge is 0.167 e. The van der Waals surface area contributed by atoms with Crippen LogP contribution in [0.2, 0.25) is 0 Å². The molecule has 0 spiro atoms. The molecule has 0 fully saturated rings. The molecule has 0 aliphatic rings. The third kappa shape index (κ3) is 4.70. The van der Waals surface area contributed by atoms with E-state index >= 15 is 0 Å². The van der Waals surface area contributed by atoms with Crippen LogP contribution in [0.1, 0.15) is 6.92 Å². The molecule has 0 bridgehead atoms. The second kappa shape index (κ2) is 9.26. The lowest BCUT2D eigenvalue weighted by Crippen LogP contribution is -2.00. The highest BCUT2D eigenvalue weighted by Crippen LogP contribution is 2.32. The van der Waals surface area contributed by atoms with Gasteiger partial charge in [0.05, 0.1) is 5.56 Å². The molecule has 0 saturated heterocycles. The van der Waals surface area contributed by atoms with Gasteiger partial charge in [-0.1, -0.05) is 66.6 Å². The van der Waals surface area contributed by atoms with Gasteiger partial charge in [0.1, 0.15) is 17.6 Å². The first-order valence-corrected chi connectivity index (χ1v) is 9.53. The summed E-state index contributed by atoms with van der Waals surface area (Å²) in [5.74, 6) is 9.58. The molecule has 0 amide bonds. The van der Waals surface area contributed by atoms with E-state index in [1.54, 1.807) is 19.1 Å². The first-order chi connectivity index (χ1) is 15.2. The van der Waals surface area contributed by atoms with E-state index in [1.807, 2.05) is 60.7 Å². The number of benzene rings is 3. The lowest BCUT2D eigenvalue weighted by atomic mass is 10.1. The fraction of sp³-hybridized carbons (Fsp3) is 0.0385. The Bertz CT molecular complexity index is 1270. The number of phenols is 1. The van der Waals surface area contributed by atoms with Gasteiger partial charge in [-0.05, 0) is 25.0 Å². The third-order valence-electron chi connectivity index (χ3n) is 4.32. The molecule has 1 N–H and O–H groups in total. The molecule has 0 atom stereocenters. The minimum Gasteiger partial charge on any atom is -0.507 e. The summed E-state index contributed by atoms with van der Waals surface area (Å²) in [6.45, 7) is 1.69. The van der Waals surface area contributed by atoms with Crippen molar-refractivity contribution in [2.45, 2.75) is 6.92 Å². The number of hydrogen-bond acceptors (Lipinski definition) is 5. The first-order valence-electron chi connectivity index (χ1n) is 9.53. The van der Waals surface area contributed by atoms with Gasteiger partial charge in [0, 0.05) is 23.1 Å². The molecule has 148 valence electrons. The van der Waals surface area contributed by atoms with Crippen LogP contribution in [0.3, 0.4) is 0 Å². The highest BCUT2D eigenvalue weighted by molar-refractivity contribution is 5.70. The molecular weight excluding hydrogens is 386 g/mol. The van der Waals surface area contributed by atoms with Crippen LogP contribution in [-0.2, 0) is 0 Å². The maximum absolute atomic E-state index is 10.6. The Morgan fingerprint density at radius 3 is 1.84 bits per heavy atom. The van der Waals surface area contributed by atoms with Crippen LogP contribution >= 0.6 is 0 Å². The minimum absolute atomic E-state index is 0.0231. The lowest BCUT2D eigenvalue weighted by molar-refractivity contribution is 0.466. The van der Waals surface area contributed by atoms with Crippen LogP contribution in [0.15, 0.2) is 78.9 Å². The average molecular weight is 403 g/mol. The summed E-state index contributed by atoms with van der Waals surface area (Å²) in [5, 5.41) is 10.6. The summed E-state index contributed by atoms with van der Waals surface area (Å²) in [7, 11) is 0. The molecule has 0 saturated carbocycles. The summed E-state index contributed by atoms with van der Waals surface area (Å²) >= 11 is 0. The maximum Gasteiger partial charge on any atom is 0.167 e. The van der Waals surface area contributed by atoms with Gasteiger partial charge in [-0.3, -0.25) is 0 Å². The van der Waals surface area contributed by atoms with Gasteiger partial charge in [-0.15, -0.1) is 0 Å². The Labute approximate surface area is 180 Å². The molecule has 31 heavy (non-hydrogen) atoms. The number of ether oxygens (including phenoxy) is 1. The van der Waals surface area contributed by atoms with Gasteiger partial charge < -0.3 is 9.84 Å². The van der Waals surface area contributed by atoms with Crippen molar-refractivity contribution in [2.75, 3.05) is 0 Å². The van der Waals surface area contributed by atoms with E-state index in [4.69, 9.17) is 4.74 Å². The largest absolute Gasteiger partial charge is 0.507 e. The van der Waals surface area contributed by atoms with Crippen LogP contribution in [0.5, 0.6) is 11.5 Å². The SMILES string of the molecule is CC#CC#COc1ccc(-c2nc(-c3ccccc3)nc(-c3ccccc3)n2)c(O)c1. The van der Waals surface area contributed by atoms with Crippen LogP contribution in [0.4, 0.5) is 0 Å². The molecule has 3 aromatic carbocycles. The summed E-state index contributed by atoms with van der Waals surface area (Å²) in [6, 6.07) is 24.2. The number of phenolic OH excluding ortho intramolecular Hbond substituents is 1. The summed E-state index contributed by atoms with van der Waals surface area (Å²) < 4.78 is 5.29. The number of nitrogens with zero attached hydrogens (tertiary/aromatic N) is 3. The molecule has 4 aromatic rings. The van der Waals surface area contributed by atoms with Crippen LogP contribution < -0.4 is 4.74 Å². The predicted octanol–water partition coefficient (Wildman–Crippen LogP) is 4.94. The van der Waals surface area contributed by atoms with Gasteiger partial charge in [0.25, 0.3) is 0 Å². The van der Waals surface area contributed by atoms with E-state index in [-0.39, 0.29) is 5.75 Å². The fourth-order valence-corrected chi connectivity index (χ4v) is 2.87. The molecule has 0 radical (unpaired) electrons. The molecule has 1 aromatic heterocycles. The number of hydrogen-bond donors (Lipinski definition) is 1. The number of aromatic nitrogens is 3. The third-order valence-corrected chi connectivity index (χ3v) is 4.32. The highest BCUT2D eigenvalue weighted by atomic mass is 16.5. The Hall–Kier alpha value is -4.61. The van der Waals surface area contributed by atoms with Crippen LogP contribution in [0, 0.1) is 23.9 Å². The average Bonchev–Trinajstić information content (AvgIpc) is 2.83. The molecular formula is C26H17N3O2. The molecule has 0 aliphatic heterocycles. The van der Waals surface area contributed by atoms with Gasteiger partial charge in [0.15, 0.2) is 17.5 Å². The molecule has 0 unspecified atom stereocenters. The van der Waals surface area contributed by atoms with Crippen molar-refractivity contribution in [1.29, 1.82) is 0 Å². The topological polar surface area (TPSA) is 68.1 Å². The second-order valence-electron chi connectivity index (χ2n) is 6.42. The quantitative estimate of drug-likeness (QED) is 0.489.